The van der Waals surface area contributed by atoms with E-state index in [-0.39, 0.29) is 16.9 Å². The van der Waals surface area contributed by atoms with Gasteiger partial charge in [0.2, 0.25) is 0 Å². The van der Waals surface area contributed by atoms with E-state index in [4.69, 9.17) is 14.2 Å². The molecule has 3 aromatic carbocycles. The number of hydrogen-bond acceptors (Lipinski definition) is 4. The highest BCUT2D eigenvalue weighted by Crippen LogP contribution is 2.43. The van der Waals surface area contributed by atoms with Crippen molar-refractivity contribution in [2.45, 2.75) is 56.5 Å². The highest BCUT2D eigenvalue weighted by molar-refractivity contribution is 9.10. The molecule has 3 heterocycles. The van der Waals surface area contributed by atoms with Crippen LogP contribution in [0, 0.1) is 11.7 Å². The lowest BCUT2D eigenvalue weighted by Crippen LogP contribution is -2.34. The summed E-state index contributed by atoms with van der Waals surface area (Å²) in [5.41, 5.74) is 3.96. The lowest BCUT2D eigenvalue weighted by Gasteiger charge is -2.37. The Balaban J connectivity index is 1.15. The van der Waals surface area contributed by atoms with Gasteiger partial charge >= 0.3 is 0 Å². The zero-order valence-electron chi connectivity index (χ0n) is 24.6. The summed E-state index contributed by atoms with van der Waals surface area (Å²) in [5, 5.41) is 0. The number of pyridine rings is 1. The molecule has 1 saturated carbocycles. The van der Waals surface area contributed by atoms with Gasteiger partial charge in [-0.3, -0.25) is 4.57 Å². The Morgan fingerprint density at radius 2 is 1.48 bits per heavy atom. The van der Waals surface area contributed by atoms with Crippen LogP contribution >= 0.6 is 15.9 Å². The molecule has 44 heavy (non-hydrogen) atoms. The van der Waals surface area contributed by atoms with Gasteiger partial charge in [-0.2, -0.15) is 0 Å². The van der Waals surface area contributed by atoms with Crippen LogP contribution in [0.1, 0.15) is 61.4 Å². The van der Waals surface area contributed by atoms with E-state index in [1.807, 2.05) is 28.8 Å². The van der Waals surface area contributed by atoms with E-state index < -0.39 is 11.4 Å². The van der Waals surface area contributed by atoms with Gasteiger partial charge in [-0.1, -0.05) is 91.0 Å². The molecule has 0 bridgehead atoms. The Labute approximate surface area is 266 Å². The molecule has 1 unspecified atom stereocenters. The molecule has 3 atom stereocenters. The molecule has 2 aromatic heterocycles. The molecule has 226 valence electrons. The molecular formula is C37H36BrFN2O3. The summed E-state index contributed by atoms with van der Waals surface area (Å²) in [6, 6.07) is 35.0. The minimum absolute atomic E-state index is 0.0168. The zero-order valence-corrected chi connectivity index (χ0v) is 26.2. The second kappa shape index (κ2) is 12.8. The highest BCUT2D eigenvalue weighted by Gasteiger charge is 2.39. The van der Waals surface area contributed by atoms with Gasteiger partial charge in [-0.05, 0) is 77.1 Å². The Hall–Kier alpha value is -3.52. The molecule has 1 aliphatic heterocycles. The Morgan fingerprint density at radius 1 is 0.841 bits per heavy atom. The number of rotatable bonds is 9. The van der Waals surface area contributed by atoms with Crippen molar-refractivity contribution >= 4 is 27.0 Å². The van der Waals surface area contributed by atoms with E-state index in [1.54, 1.807) is 0 Å². The van der Waals surface area contributed by atoms with Crippen LogP contribution in [0.25, 0.3) is 11.0 Å². The van der Waals surface area contributed by atoms with Crippen LogP contribution in [0.15, 0.2) is 108 Å². The van der Waals surface area contributed by atoms with Gasteiger partial charge in [-0.15, -0.1) is 0 Å². The number of benzene rings is 3. The van der Waals surface area contributed by atoms with Crippen LogP contribution in [0.2, 0.25) is 0 Å². The zero-order chi connectivity index (χ0) is 29.9. The van der Waals surface area contributed by atoms with Crippen molar-refractivity contribution in [1.29, 1.82) is 0 Å². The lowest BCUT2D eigenvalue weighted by molar-refractivity contribution is -0.0351. The molecule has 1 saturated heterocycles. The topological polar surface area (TPSA) is 45.5 Å². The number of aromatic nitrogens is 2. The third-order valence-electron chi connectivity index (χ3n) is 9.00. The van der Waals surface area contributed by atoms with Crippen molar-refractivity contribution in [3.8, 4) is 5.88 Å². The summed E-state index contributed by atoms with van der Waals surface area (Å²) in [4.78, 5) is 4.45. The number of halogens is 2. The molecule has 2 aliphatic rings. The first kappa shape index (κ1) is 29.2. The number of ether oxygens (including phenoxy) is 3. The van der Waals surface area contributed by atoms with Crippen molar-refractivity contribution in [1.82, 2.24) is 9.55 Å². The van der Waals surface area contributed by atoms with Gasteiger partial charge in [0, 0.05) is 18.7 Å². The number of fused-ring (bicyclic) bond motifs is 1. The Bertz CT molecular complexity index is 1590. The van der Waals surface area contributed by atoms with Crippen molar-refractivity contribution in [3.63, 3.8) is 0 Å². The molecule has 0 radical (unpaired) electrons. The van der Waals surface area contributed by atoms with Gasteiger partial charge < -0.3 is 14.2 Å². The first-order valence-corrected chi connectivity index (χ1v) is 16.4. The van der Waals surface area contributed by atoms with Crippen LogP contribution in [0.5, 0.6) is 5.88 Å². The molecule has 0 amide bonds. The van der Waals surface area contributed by atoms with E-state index in [0.717, 1.165) is 55.2 Å². The summed E-state index contributed by atoms with van der Waals surface area (Å²) in [6.45, 7) is 1.28. The lowest BCUT2D eigenvalue weighted by atomic mass is 9.80. The molecule has 2 fully saturated rings. The van der Waals surface area contributed by atoms with E-state index >= 15 is 0 Å². The average molecular weight is 656 g/mol. The second-order valence-electron chi connectivity index (χ2n) is 11.8. The summed E-state index contributed by atoms with van der Waals surface area (Å²) >= 11 is 3.24. The molecule has 5 nitrogen and oxygen atoms in total. The standard InChI is InChI=1S/C37H36BrFN2O3/c38-36-31(39)23-33-32(40-36)24-35(41(33)34-18-10-11-21-42-34)44-30-20-19-26(22-30)25-43-37(27-12-4-1-5-13-27,28-14-6-2-7-15-28)29-16-8-3-9-17-29/h1-9,12-17,23-24,26,30,34H,10-11,18-22,25H2/t26-,30+,34?/m0/s1. The van der Waals surface area contributed by atoms with E-state index in [2.05, 4.69) is 93.7 Å². The fraction of sp³-hybridized carbons (Fsp3) is 0.324. The molecule has 7 rings (SSSR count). The van der Waals surface area contributed by atoms with Crippen molar-refractivity contribution in [3.05, 3.63) is 130 Å². The van der Waals surface area contributed by atoms with Crippen LogP contribution < -0.4 is 4.74 Å². The molecule has 5 aromatic rings. The van der Waals surface area contributed by atoms with Gasteiger partial charge in [0.15, 0.2) is 11.7 Å². The van der Waals surface area contributed by atoms with Crippen LogP contribution in [-0.2, 0) is 15.1 Å². The van der Waals surface area contributed by atoms with E-state index in [1.165, 1.54) is 6.07 Å². The Morgan fingerprint density at radius 3 is 2.07 bits per heavy atom. The van der Waals surface area contributed by atoms with Gasteiger partial charge in [0.05, 0.1) is 17.6 Å². The first-order chi connectivity index (χ1) is 21.6. The quantitative estimate of drug-likeness (QED) is 0.117. The minimum atomic E-state index is -0.739. The van der Waals surface area contributed by atoms with Gasteiger partial charge in [0.25, 0.3) is 0 Å². The summed E-state index contributed by atoms with van der Waals surface area (Å²) in [7, 11) is 0. The van der Waals surface area contributed by atoms with Crippen molar-refractivity contribution in [2.75, 3.05) is 13.2 Å². The molecule has 1 aliphatic carbocycles. The minimum Gasteiger partial charge on any atom is -0.475 e. The predicted molar refractivity (Wildman–Crippen MR) is 173 cm³/mol. The maximum atomic E-state index is 14.6. The normalized spacial score (nSPS) is 20.6. The maximum absolute atomic E-state index is 14.6. The van der Waals surface area contributed by atoms with Crippen molar-refractivity contribution < 1.29 is 18.6 Å². The maximum Gasteiger partial charge on any atom is 0.198 e. The van der Waals surface area contributed by atoms with Crippen LogP contribution in [-0.4, -0.2) is 28.9 Å². The molecule has 7 heteroatoms. The van der Waals surface area contributed by atoms with E-state index in [0.29, 0.717) is 36.0 Å². The monoisotopic (exact) mass is 654 g/mol. The largest absolute Gasteiger partial charge is 0.475 e. The fourth-order valence-electron chi connectivity index (χ4n) is 6.86. The van der Waals surface area contributed by atoms with Gasteiger partial charge in [-0.25, -0.2) is 9.37 Å². The van der Waals surface area contributed by atoms with E-state index in [9.17, 15) is 4.39 Å². The third-order valence-corrected chi connectivity index (χ3v) is 9.56. The third kappa shape index (κ3) is 5.69. The molecule has 0 spiro atoms. The summed E-state index contributed by atoms with van der Waals surface area (Å²) < 4.78 is 36.7. The number of hydrogen-bond donors (Lipinski definition) is 0. The Kier molecular flexibility index (Phi) is 8.52. The second-order valence-corrected chi connectivity index (χ2v) is 12.6. The number of nitrogens with zero attached hydrogens (tertiary/aromatic N) is 2. The molecule has 0 N–H and O–H groups in total. The smallest absolute Gasteiger partial charge is 0.198 e. The molecular weight excluding hydrogens is 619 g/mol. The first-order valence-electron chi connectivity index (χ1n) is 15.6. The van der Waals surface area contributed by atoms with Crippen LogP contribution in [0.4, 0.5) is 4.39 Å². The predicted octanol–water partition coefficient (Wildman–Crippen LogP) is 9.19. The fourth-order valence-corrected chi connectivity index (χ4v) is 7.16. The van der Waals surface area contributed by atoms with Crippen LogP contribution in [0.3, 0.4) is 0 Å². The van der Waals surface area contributed by atoms with Crippen molar-refractivity contribution in [2.24, 2.45) is 5.92 Å². The van der Waals surface area contributed by atoms with Gasteiger partial charge in [0.1, 0.15) is 22.5 Å². The highest BCUT2D eigenvalue weighted by atomic mass is 79.9. The average Bonchev–Trinajstić information content (AvgIpc) is 3.67. The summed E-state index contributed by atoms with van der Waals surface area (Å²) in [5.74, 6) is 0.621. The summed E-state index contributed by atoms with van der Waals surface area (Å²) in [6.07, 6.45) is 5.56. The SMILES string of the molecule is Fc1cc2c(cc(O[C@@H]3CC[C@H](COC(c4ccccc4)(c4ccccc4)c4ccccc4)C3)n2C2CCCCO2)nc1Br.